The molecular formula is C29H36F2N4O4. The maximum atomic E-state index is 13.9. The van der Waals surface area contributed by atoms with E-state index in [4.69, 9.17) is 4.74 Å². The number of rotatable bonds is 8. The highest BCUT2D eigenvalue weighted by atomic mass is 19.2. The standard InChI is InChI=1S/C29H36F2N4O4/c1-18(2)27(36)33-23-7-4-6-21(15-23)20-8-12-34(13-9-20)11-5-10-32-28(37)35-25(17-39-29(35)38)22-14-19(3)26(31)24(30)16-22/h4,6-7,14-16,18,20,25H,5,8-13,17H2,1-3H3,(H,32,37)(H,33,36)/t25-/m0/s1. The van der Waals surface area contributed by atoms with E-state index in [0.29, 0.717) is 24.4 Å². The average Bonchev–Trinajstić information content (AvgIpc) is 3.31. The van der Waals surface area contributed by atoms with E-state index in [1.807, 2.05) is 26.0 Å². The number of piperidine rings is 1. The molecule has 0 unspecified atom stereocenters. The summed E-state index contributed by atoms with van der Waals surface area (Å²) in [7, 11) is 0. The lowest BCUT2D eigenvalue weighted by Gasteiger charge is -2.32. The van der Waals surface area contributed by atoms with E-state index in [9.17, 15) is 23.2 Å². The van der Waals surface area contributed by atoms with Gasteiger partial charge in [-0.15, -0.1) is 0 Å². The van der Waals surface area contributed by atoms with Crippen molar-refractivity contribution in [1.82, 2.24) is 15.1 Å². The zero-order valence-electron chi connectivity index (χ0n) is 22.6. The zero-order chi connectivity index (χ0) is 28.1. The van der Waals surface area contributed by atoms with Gasteiger partial charge in [0.05, 0.1) is 0 Å². The van der Waals surface area contributed by atoms with Gasteiger partial charge < -0.3 is 20.3 Å². The summed E-state index contributed by atoms with van der Waals surface area (Å²) in [5.41, 5.74) is 2.46. The molecule has 2 aliphatic heterocycles. The lowest BCUT2D eigenvalue weighted by atomic mass is 9.89. The normalized spacial score (nSPS) is 18.4. The van der Waals surface area contributed by atoms with Crippen molar-refractivity contribution in [3.05, 3.63) is 64.7 Å². The van der Waals surface area contributed by atoms with Crippen molar-refractivity contribution < 1.29 is 27.9 Å². The number of likely N-dealkylation sites (tertiary alicyclic amines) is 1. The number of halogens is 2. The predicted molar refractivity (Wildman–Crippen MR) is 143 cm³/mol. The molecule has 0 aliphatic carbocycles. The van der Waals surface area contributed by atoms with Gasteiger partial charge in [-0.2, -0.15) is 0 Å². The lowest BCUT2D eigenvalue weighted by molar-refractivity contribution is -0.118. The molecule has 2 N–H and O–H groups in total. The molecule has 0 aromatic heterocycles. The third kappa shape index (κ3) is 6.92. The van der Waals surface area contributed by atoms with Crippen LogP contribution in [-0.4, -0.2) is 60.6 Å². The second-order valence-corrected chi connectivity index (χ2v) is 10.6. The molecule has 2 heterocycles. The number of aryl methyl sites for hydroxylation is 1. The van der Waals surface area contributed by atoms with Crippen LogP contribution < -0.4 is 10.6 Å². The zero-order valence-corrected chi connectivity index (χ0v) is 22.6. The predicted octanol–water partition coefficient (Wildman–Crippen LogP) is 5.34. The highest BCUT2D eigenvalue weighted by Crippen LogP contribution is 2.31. The van der Waals surface area contributed by atoms with Crippen molar-refractivity contribution in [2.75, 3.05) is 38.1 Å². The molecule has 2 fully saturated rings. The molecule has 39 heavy (non-hydrogen) atoms. The van der Waals surface area contributed by atoms with Gasteiger partial charge in [-0.25, -0.2) is 23.3 Å². The minimum Gasteiger partial charge on any atom is -0.446 e. The largest absolute Gasteiger partial charge is 0.446 e. The summed E-state index contributed by atoms with van der Waals surface area (Å²) in [6.07, 6.45) is 1.89. The first kappa shape index (κ1) is 28.5. The first-order chi connectivity index (χ1) is 18.6. The first-order valence-electron chi connectivity index (χ1n) is 13.5. The molecule has 0 bridgehead atoms. The van der Waals surface area contributed by atoms with Gasteiger partial charge in [0.25, 0.3) is 0 Å². The summed E-state index contributed by atoms with van der Waals surface area (Å²) < 4.78 is 32.6. The molecule has 2 aliphatic rings. The number of carbonyl (C=O) groups is 3. The third-order valence-electron chi connectivity index (χ3n) is 7.37. The van der Waals surface area contributed by atoms with Crippen LogP contribution >= 0.6 is 0 Å². The van der Waals surface area contributed by atoms with E-state index in [1.54, 1.807) is 0 Å². The number of carbonyl (C=O) groups excluding carboxylic acids is 3. The number of hydrogen-bond acceptors (Lipinski definition) is 5. The smallest absolute Gasteiger partial charge is 0.418 e. The number of benzene rings is 2. The van der Waals surface area contributed by atoms with Crippen LogP contribution in [0.4, 0.5) is 24.1 Å². The van der Waals surface area contributed by atoms with Crippen LogP contribution in [-0.2, 0) is 9.53 Å². The Bertz CT molecular complexity index is 1190. The Kier molecular flexibility index (Phi) is 9.16. The van der Waals surface area contributed by atoms with Crippen molar-refractivity contribution in [1.29, 1.82) is 0 Å². The Morgan fingerprint density at radius 2 is 1.85 bits per heavy atom. The molecular weight excluding hydrogens is 506 g/mol. The van der Waals surface area contributed by atoms with Crippen LogP contribution in [0.2, 0.25) is 0 Å². The van der Waals surface area contributed by atoms with Gasteiger partial charge in [-0.05, 0) is 86.6 Å². The Labute approximate surface area is 227 Å². The monoisotopic (exact) mass is 542 g/mol. The second-order valence-electron chi connectivity index (χ2n) is 10.6. The molecule has 0 saturated carbocycles. The SMILES string of the molecule is Cc1cc([C@@H]2COC(=O)N2C(=O)NCCCN2CCC(c3cccc(NC(=O)C(C)C)c3)CC2)cc(F)c1F. The Morgan fingerprint density at radius 3 is 2.54 bits per heavy atom. The van der Waals surface area contributed by atoms with Crippen LogP contribution in [0.15, 0.2) is 36.4 Å². The quantitative estimate of drug-likeness (QED) is 0.440. The van der Waals surface area contributed by atoms with Crippen LogP contribution in [0.3, 0.4) is 0 Å². The molecule has 210 valence electrons. The molecule has 2 saturated heterocycles. The van der Waals surface area contributed by atoms with Gasteiger partial charge in [0.15, 0.2) is 11.6 Å². The molecule has 4 amide bonds. The maximum Gasteiger partial charge on any atom is 0.418 e. The first-order valence-corrected chi connectivity index (χ1v) is 13.5. The minimum atomic E-state index is -1.03. The molecule has 4 rings (SSSR count). The molecule has 0 spiro atoms. The van der Waals surface area contributed by atoms with Crippen LogP contribution in [0.1, 0.15) is 61.8 Å². The van der Waals surface area contributed by atoms with E-state index >= 15 is 0 Å². The summed E-state index contributed by atoms with van der Waals surface area (Å²) in [5.74, 6) is -1.62. The summed E-state index contributed by atoms with van der Waals surface area (Å²) >= 11 is 0. The molecule has 2 aromatic rings. The average molecular weight is 543 g/mol. The van der Waals surface area contributed by atoms with Crippen LogP contribution in [0.5, 0.6) is 0 Å². The van der Waals surface area contributed by atoms with Gasteiger partial charge in [0, 0.05) is 18.2 Å². The van der Waals surface area contributed by atoms with E-state index in [0.717, 1.165) is 49.1 Å². The number of nitrogens with one attached hydrogen (secondary N) is 2. The maximum absolute atomic E-state index is 13.9. The van der Waals surface area contributed by atoms with Crippen molar-refractivity contribution >= 4 is 23.7 Å². The fourth-order valence-corrected chi connectivity index (χ4v) is 5.07. The molecule has 2 aromatic carbocycles. The van der Waals surface area contributed by atoms with Crippen LogP contribution in [0.25, 0.3) is 0 Å². The second kappa shape index (κ2) is 12.5. The Balaban J connectivity index is 1.22. The Hall–Kier alpha value is -3.53. The van der Waals surface area contributed by atoms with E-state index in [1.165, 1.54) is 18.6 Å². The molecule has 1 atom stereocenters. The van der Waals surface area contributed by atoms with Gasteiger partial charge in [0.2, 0.25) is 5.91 Å². The fraction of sp³-hybridized carbons (Fsp3) is 0.483. The summed E-state index contributed by atoms with van der Waals surface area (Å²) in [5, 5.41) is 5.72. The topological polar surface area (TPSA) is 91.0 Å². The van der Waals surface area contributed by atoms with E-state index in [2.05, 4.69) is 27.7 Å². The number of anilines is 1. The number of cyclic esters (lactones) is 1. The van der Waals surface area contributed by atoms with Crippen LogP contribution in [0, 0.1) is 24.5 Å². The van der Waals surface area contributed by atoms with Crippen molar-refractivity contribution in [3.8, 4) is 0 Å². The number of urea groups is 1. The number of amides is 4. The summed E-state index contributed by atoms with van der Waals surface area (Å²) in [4.78, 5) is 40.3. The third-order valence-corrected chi connectivity index (χ3v) is 7.37. The van der Waals surface area contributed by atoms with Crippen molar-refractivity contribution in [2.45, 2.75) is 52.0 Å². The van der Waals surface area contributed by atoms with Gasteiger partial charge in [-0.3, -0.25) is 4.79 Å². The number of ether oxygens (including phenoxy) is 1. The minimum absolute atomic E-state index is 0.00524. The highest BCUT2D eigenvalue weighted by Gasteiger charge is 2.39. The lowest BCUT2D eigenvalue weighted by Crippen LogP contribution is -2.43. The number of hydrogen-bond donors (Lipinski definition) is 2. The van der Waals surface area contributed by atoms with Gasteiger partial charge in [0.1, 0.15) is 12.6 Å². The Morgan fingerprint density at radius 1 is 1.10 bits per heavy atom. The summed E-state index contributed by atoms with van der Waals surface area (Å²) in [6.45, 7) is 8.07. The van der Waals surface area contributed by atoms with Gasteiger partial charge in [-0.1, -0.05) is 32.0 Å². The van der Waals surface area contributed by atoms with Crippen molar-refractivity contribution in [2.24, 2.45) is 5.92 Å². The van der Waals surface area contributed by atoms with E-state index in [-0.39, 0.29) is 24.0 Å². The molecule has 8 nitrogen and oxygen atoms in total. The number of imide groups is 1. The van der Waals surface area contributed by atoms with Crippen molar-refractivity contribution in [3.63, 3.8) is 0 Å². The van der Waals surface area contributed by atoms with Gasteiger partial charge >= 0.3 is 12.1 Å². The fourth-order valence-electron chi connectivity index (χ4n) is 5.07. The molecule has 10 heteroatoms. The summed E-state index contributed by atoms with van der Waals surface area (Å²) in [6, 6.07) is 9.05. The number of nitrogens with zero attached hydrogens (tertiary/aromatic N) is 2. The highest BCUT2D eigenvalue weighted by molar-refractivity contribution is 5.93. The molecule has 0 radical (unpaired) electrons. The van der Waals surface area contributed by atoms with E-state index < -0.39 is 29.8 Å².